The van der Waals surface area contributed by atoms with Crippen molar-refractivity contribution in [1.82, 2.24) is 15.4 Å². The SMILES string of the molecule is COCCN1CCC(C(=O)NO)(S(=O)(=O)c2ccc(OCCc3cccc(-c4ccncc4)c3)cc2)CC1.Cl.Cl. The Morgan fingerprint density at radius 1 is 1.00 bits per heavy atom. The quantitative estimate of drug-likeness (QED) is 0.247. The first-order valence-electron chi connectivity index (χ1n) is 12.5. The van der Waals surface area contributed by atoms with E-state index in [2.05, 4.69) is 11.1 Å². The molecule has 9 nitrogen and oxygen atoms in total. The highest BCUT2D eigenvalue weighted by atomic mass is 35.5. The summed E-state index contributed by atoms with van der Waals surface area (Å²) in [6, 6.07) is 18.2. The van der Waals surface area contributed by atoms with E-state index in [0.717, 1.165) is 16.7 Å². The Kier molecular flexibility index (Phi) is 12.8. The van der Waals surface area contributed by atoms with Crippen LogP contribution in [-0.2, 0) is 25.8 Å². The van der Waals surface area contributed by atoms with Crippen molar-refractivity contribution in [1.29, 1.82) is 0 Å². The van der Waals surface area contributed by atoms with E-state index in [4.69, 9.17) is 9.47 Å². The Hall–Kier alpha value is -2.73. The lowest BCUT2D eigenvalue weighted by Crippen LogP contribution is -2.57. The average molecular weight is 613 g/mol. The number of hydroxylamine groups is 1. The standard InChI is InChI=1S/C28H33N3O6S.2ClH/c1-36-20-18-31-16-12-28(13-17-31,27(32)30-33)38(34,35)26-7-5-25(6-8-26)37-19-11-22-3-2-4-24(21-22)23-9-14-29-15-10-23;;/h2-10,14-15,21,33H,11-13,16-20H2,1H3,(H,30,32);2*1H. The van der Waals surface area contributed by atoms with Gasteiger partial charge in [0, 0.05) is 45.6 Å². The minimum atomic E-state index is -4.08. The van der Waals surface area contributed by atoms with Gasteiger partial charge in [-0.05, 0) is 65.9 Å². The molecule has 1 fully saturated rings. The number of benzene rings is 2. The maximum absolute atomic E-state index is 13.6. The first kappa shape index (κ1) is 33.5. The molecule has 2 N–H and O–H groups in total. The topological polar surface area (TPSA) is 118 Å². The smallest absolute Gasteiger partial charge is 0.265 e. The largest absolute Gasteiger partial charge is 0.493 e. The second kappa shape index (κ2) is 15.3. The van der Waals surface area contributed by atoms with Gasteiger partial charge in [-0.2, -0.15) is 0 Å². The number of likely N-dealkylation sites (tertiary alicyclic amines) is 1. The maximum Gasteiger partial charge on any atom is 0.265 e. The highest BCUT2D eigenvalue weighted by molar-refractivity contribution is 7.93. The fourth-order valence-corrected chi connectivity index (χ4v) is 6.71. The van der Waals surface area contributed by atoms with Crippen LogP contribution in [0.1, 0.15) is 18.4 Å². The molecule has 2 aromatic carbocycles. The van der Waals surface area contributed by atoms with Crippen LogP contribution < -0.4 is 10.2 Å². The lowest BCUT2D eigenvalue weighted by molar-refractivity contribution is -0.133. The fourth-order valence-electron chi connectivity index (χ4n) is 4.76. The van der Waals surface area contributed by atoms with E-state index in [1.54, 1.807) is 37.1 Å². The van der Waals surface area contributed by atoms with Crippen LogP contribution in [0.3, 0.4) is 0 Å². The Morgan fingerprint density at radius 2 is 1.68 bits per heavy atom. The molecule has 2 heterocycles. The number of methoxy groups -OCH3 is 1. The number of nitrogens with one attached hydrogen (secondary N) is 1. The first-order valence-corrected chi connectivity index (χ1v) is 14.0. The third-order valence-corrected chi connectivity index (χ3v) is 9.55. The molecule has 1 aliphatic heterocycles. The highest BCUT2D eigenvalue weighted by Gasteiger charge is 2.52. The van der Waals surface area contributed by atoms with E-state index >= 15 is 0 Å². The van der Waals surface area contributed by atoms with Crippen LogP contribution in [0, 0.1) is 0 Å². The summed E-state index contributed by atoms with van der Waals surface area (Å²) in [6.07, 6.45) is 4.35. The summed E-state index contributed by atoms with van der Waals surface area (Å²) >= 11 is 0. The molecule has 4 rings (SSSR count). The predicted octanol–water partition coefficient (Wildman–Crippen LogP) is 3.97. The zero-order valence-corrected chi connectivity index (χ0v) is 24.6. The minimum absolute atomic E-state index is 0. The molecule has 1 aliphatic rings. The normalized spacial score (nSPS) is 14.8. The van der Waals surface area contributed by atoms with Crippen molar-refractivity contribution in [2.24, 2.45) is 0 Å². The molecule has 12 heteroatoms. The molecule has 1 aromatic heterocycles. The maximum atomic E-state index is 13.6. The van der Waals surface area contributed by atoms with Crippen molar-refractivity contribution < 1.29 is 27.9 Å². The van der Waals surface area contributed by atoms with Gasteiger partial charge in [0.25, 0.3) is 5.91 Å². The van der Waals surface area contributed by atoms with Gasteiger partial charge in [-0.15, -0.1) is 24.8 Å². The van der Waals surface area contributed by atoms with E-state index in [9.17, 15) is 18.4 Å². The number of hydrogen-bond donors (Lipinski definition) is 2. The van der Waals surface area contributed by atoms with Crippen LogP contribution in [0.15, 0.2) is 78.0 Å². The van der Waals surface area contributed by atoms with Crippen LogP contribution in [0.25, 0.3) is 11.1 Å². The molecular weight excluding hydrogens is 577 g/mol. The van der Waals surface area contributed by atoms with Crippen LogP contribution in [0.5, 0.6) is 5.75 Å². The summed E-state index contributed by atoms with van der Waals surface area (Å²) < 4.78 is 36.5. The van der Waals surface area contributed by atoms with Gasteiger partial charge < -0.3 is 14.4 Å². The number of ether oxygens (including phenoxy) is 2. The summed E-state index contributed by atoms with van der Waals surface area (Å²) in [5.74, 6) is -0.373. The van der Waals surface area contributed by atoms with Gasteiger partial charge in [0.05, 0.1) is 18.1 Å². The number of pyridine rings is 1. The monoisotopic (exact) mass is 611 g/mol. The average Bonchev–Trinajstić information content (AvgIpc) is 2.96. The zero-order chi connectivity index (χ0) is 27.0. The van der Waals surface area contributed by atoms with Gasteiger partial charge in [-0.3, -0.25) is 15.0 Å². The summed E-state index contributed by atoms with van der Waals surface area (Å²) in [5, 5.41) is 9.37. The van der Waals surface area contributed by atoms with E-state index < -0.39 is 20.5 Å². The summed E-state index contributed by atoms with van der Waals surface area (Å²) in [6.45, 7) is 2.39. The molecule has 0 radical (unpaired) electrons. The second-order valence-electron chi connectivity index (χ2n) is 9.28. The molecule has 0 bridgehead atoms. The number of nitrogens with zero attached hydrogens (tertiary/aromatic N) is 2. The number of carbonyl (C=O) groups is 1. The zero-order valence-electron chi connectivity index (χ0n) is 22.2. The molecule has 0 saturated carbocycles. The minimum Gasteiger partial charge on any atom is -0.493 e. The first-order chi connectivity index (χ1) is 18.4. The number of aromatic nitrogens is 1. The van der Waals surface area contributed by atoms with Gasteiger partial charge in [-0.25, -0.2) is 13.9 Å². The third kappa shape index (κ3) is 7.51. The van der Waals surface area contributed by atoms with E-state index in [1.807, 2.05) is 35.2 Å². The van der Waals surface area contributed by atoms with Crippen molar-refractivity contribution in [3.63, 3.8) is 0 Å². The second-order valence-corrected chi connectivity index (χ2v) is 11.5. The molecule has 218 valence electrons. The number of halogens is 2. The molecule has 1 saturated heterocycles. The molecule has 0 unspecified atom stereocenters. The number of amides is 1. The lowest BCUT2D eigenvalue weighted by atomic mass is 9.95. The molecule has 1 amide bonds. The number of rotatable bonds is 11. The van der Waals surface area contributed by atoms with Gasteiger partial charge in [0.15, 0.2) is 14.6 Å². The van der Waals surface area contributed by atoms with Crippen LogP contribution in [-0.4, -0.2) is 74.1 Å². The van der Waals surface area contributed by atoms with Gasteiger partial charge in [-0.1, -0.05) is 24.3 Å². The number of sulfone groups is 1. The highest BCUT2D eigenvalue weighted by Crippen LogP contribution is 2.36. The van der Waals surface area contributed by atoms with E-state index in [-0.39, 0.29) is 42.6 Å². The molecule has 0 spiro atoms. The lowest BCUT2D eigenvalue weighted by Gasteiger charge is -2.39. The fraction of sp³-hybridized carbons (Fsp3) is 0.357. The molecule has 0 aliphatic carbocycles. The molecular formula is C28H35Cl2N3O6S. The molecule has 3 aromatic rings. The van der Waals surface area contributed by atoms with Crippen molar-refractivity contribution in [3.8, 4) is 16.9 Å². The van der Waals surface area contributed by atoms with E-state index in [1.165, 1.54) is 12.1 Å². The van der Waals surface area contributed by atoms with Crippen LogP contribution in [0.4, 0.5) is 0 Å². The van der Waals surface area contributed by atoms with Crippen LogP contribution >= 0.6 is 24.8 Å². The Bertz CT molecular complexity index is 1320. The van der Waals surface area contributed by atoms with Crippen molar-refractivity contribution in [3.05, 3.63) is 78.6 Å². The molecule has 40 heavy (non-hydrogen) atoms. The Labute approximate surface area is 247 Å². The summed E-state index contributed by atoms with van der Waals surface area (Å²) in [7, 11) is -2.48. The summed E-state index contributed by atoms with van der Waals surface area (Å²) in [5.41, 5.74) is 4.90. The van der Waals surface area contributed by atoms with Crippen molar-refractivity contribution >= 4 is 40.6 Å². The molecule has 0 atom stereocenters. The summed E-state index contributed by atoms with van der Waals surface area (Å²) in [4.78, 5) is 18.8. The predicted molar refractivity (Wildman–Crippen MR) is 157 cm³/mol. The number of piperidine rings is 1. The van der Waals surface area contributed by atoms with Crippen molar-refractivity contribution in [2.75, 3.05) is 40.0 Å². The van der Waals surface area contributed by atoms with Gasteiger partial charge in [0.2, 0.25) is 0 Å². The van der Waals surface area contributed by atoms with Gasteiger partial charge in [0.1, 0.15) is 5.75 Å². The Balaban J connectivity index is 0.00000280. The van der Waals surface area contributed by atoms with Crippen molar-refractivity contribution in [2.45, 2.75) is 28.9 Å². The third-order valence-electron chi connectivity index (χ3n) is 7.04. The van der Waals surface area contributed by atoms with E-state index in [0.29, 0.717) is 45.0 Å². The number of carbonyl (C=O) groups excluding carboxylic acids is 1. The number of hydrogen-bond acceptors (Lipinski definition) is 8. The van der Waals surface area contributed by atoms with Gasteiger partial charge >= 0.3 is 0 Å². The Morgan fingerprint density at radius 3 is 2.30 bits per heavy atom. The van der Waals surface area contributed by atoms with Crippen LogP contribution in [0.2, 0.25) is 0 Å².